The minimum atomic E-state index is -4.93. The van der Waals surface area contributed by atoms with E-state index in [1.54, 1.807) is 6.07 Å². The summed E-state index contributed by atoms with van der Waals surface area (Å²) in [4.78, 5) is 4.37. The van der Waals surface area contributed by atoms with Crippen molar-refractivity contribution in [2.24, 2.45) is 0 Å². The molecule has 1 aliphatic heterocycles. The first kappa shape index (κ1) is 18.0. The summed E-state index contributed by atoms with van der Waals surface area (Å²) < 4.78 is 45.4. The molecule has 3 heterocycles. The minimum Gasteiger partial charge on any atom is -0.416 e. The molecule has 0 spiro atoms. The fraction of sp³-hybridized carbons (Fsp3) is 0.533. The number of halogens is 3. The average molecular weight is 374 g/mol. The van der Waals surface area contributed by atoms with Gasteiger partial charge < -0.3 is 15.3 Å². The molecule has 0 amide bonds. The molecule has 1 aliphatic rings. The molecule has 4 bridgehead atoms. The lowest BCUT2D eigenvalue weighted by molar-refractivity contribution is -0.277. The maximum absolute atomic E-state index is 13.4. The van der Waals surface area contributed by atoms with E-state index >= 15 is 0 Å². The van der Waals surface area contributed by atoms with Crippen LogP contribution in [0.25, 0.3) is 11.6 Å². The molecular formula is C15H17F3N4O2S. The highest BCUT2D eigenvalue weighted by atomic mass is 32.2. The summed E-state index contributed by atoms with van der Waals surface area (Å²) in [7, 11) is 0. The van der Waals surface area contributed by atoms with Crippen molar-refractivity contribution in [1.29, 1.82) is 0 Å². The van der Waals surface area contributed by atoms with Gasteiger partial charge in [-0.2, -0.15) is 13.2 Å². The van der Waals surface area contributed by atoms with Crippen LogP contribution in [0, 0.1) is 6.92 Å². The van der Waals surface area contributed by atoms with Gasteiger partial charge in [0.25, 0.3) is 11.8 Å². The van der Waals surface area contributed by atoms with Crippen LogP contribution in [0.4, 0.5) is 18.9 Å². The maximum atomic E-state index is 13.4. The quantitative estimate of drug-likeness (QED) is 0.729. The first-order valence-electron chi connectivity index (χ1n) is 7.76. The summed E-state index contributed by atoms with van der Waals surface area (Å²) in [6.45, 7) is 1.86. The van der Waals surface area contributed by atoms with Crippen LogP contribution in [0.15, 0.2) is 15.5 Å². The number of aromatic nitrogens is 3. The van der Waals surface area contributed by atoms with Gasteiger partial charge >= 0.3 is 6.18 Å². The summed E-state index contributed by atoms with van der Waals surface area (Å²) in [5.74, 6) is -0.419. The smallest absolute Gasteiger partial charge is 0.416 e. The van der Waals surface area contributed by atoms with Crippen molar-refractivity contribution in [2.75, 3.05) is 11.5 Å². The lowest BCUT2D eigenvalue weighted by Gasteiger charge is -2.26. The van der Waals surface area contributed by atoms with E-state index in [1.165, 1.54) is 11.8 Å². The molecule has 136 valence electrons. The number of thioether (sulfide) groups is 1. The van der Waals surface area contributed by atoms with Crippen molar-refractivity contribution in [2.45, 2.75) is 49.4 Å². The van der Waals surface area contributed by atoms with E-state index in [2.05, 4.69) is 15.2 Å². The number of pyridine rings is 1. The van der Waals surface area contributed by atoms with Gasteiger partial charge in [-0.1, -0.05) is 6.42 Å². The zero-order valence-electron chi connectivity index (χ0n) is 13.4. The van der Waals surface area contributed by atoms with Crippen molar-refractivity contribution < 1.29 is 22.7 Å². The van der Waals surface area contributed by atoms with Crippen LogP contribution in [-0.2, 0) is 5.60 Å². The van der Waals surface area contributed by atoms with Gasteiger partial charge in [0.15, 0.2) is 5.69 Å². The Balaban J connectivity index is 2.13. The fourth-order valence-corrected chi connectivity index (χ4v) is 3.60. The lowest BCUT2D eigenvalue weighted by atomic mass is 9.95. The molecule has 2 aromatic heterocycles. The first-order valence-corrected chi connectivity index (χ1v) is 8.74. The molecule has 6 nitrogen and oxygen atoms in total. The lowest BCUT2D eigenvalue weighted by Crippen LogP contribution is -2.42. The summed E-state index contributed by atoms with van der Waals surface area (Å²) in [6, 6.07) is 1.67. The van der Waals surface area contributed by atoms with Crippen LogP contribution in [0.3, 0.4) is 0 Å². The van der Waals surface area contributed by atoms with Crippen molar-refractivity contribution >= 4 is 17.4 Å². The normalized spacial score (nSPS) is 22.0. The Kier molecular flexibility index (Phi) is 4.67. The van der Waals surface area contributed by atoms with Crippen molar-refractivity contribution in [3.05, 3.63) is 17.5 Å². The second kappa shape index (κ2) is 6.49. The molecule has 1 atom stereocenters. The summed E-state index contributed by atoms with van der Waals surface area (Å²) >= 11 is 1.50. The predicted octanol–water partition coefficient (Wildman–Crippen LogP) is 3.44. The van der Waals surface area contributed by atoms with Gasteiger partial charge in [0.2, 0.25) is 5.60 Å². The van der Waals surface area contributed by atoms with Gasteiger partial charge in [-0.3, -0.25) is 0 Å². The van der Waals surface area contributed by atoms with Crippen LogP contribution < -0.4 is 5.73 Å². The number of hydrogen-bond donors (Lipinski definition) is 2. The fourth-order valence-electron chi connectivity index (χ4n) is 2.62. The molecule has 25 heavy (non-hydrogen) atoms. The van der Waals surface area contributed by atoms with Crippen molar-refractivity contribution in [1.82, 2.24) is 15.2 Å². The van der Waals surface area contributed by atoms with Crippen molar-refractivity contribution in [3.63, 3.8) is 0 Å². The van der Waals surface area contributed by atoms with E-state index in [9.17, 15) is 18.3 Å². The van der Waals surface area contributed by atoms with Gasteiger partial charge in [0.05, 0.1) is 10.7 Å². The topological polar surface area (TPSA) is 98.1 Å². The number of alkyl halides is 3. The third-order valence-electron chi connectivity index (χ3n) is 4.07. The summed E-state index contributed by atoms with van der Waals surface area (Å²) in [5, 5.41) is 18.0. The van der Waals surface area contributed by atoms with Crippen LogP contribution >= 0.6 is 11.8 Å². The van der Waals surface area contributed by atoms with E-state index in [0.29, 0.717) is 23.6 Å². The average Bonchev–Trinajstić information content (AvgIpc) is 3.00. The van der Waals surface area contributed by atoms with E-state index < -0.39 is 24.1 Å². The molecule has 0 unspecified atom stereocenters. The molecule has 10 heteroatoms. The Morgan fingerprint density at radius 1 is 1.28 bits per heavy atom. The van der Waals surface area contributed by atoms with E-state index in [0.717, 1.165) is 5.56 Å². The third kappa shape index (κ3) is 3.32. The highest BCUT2D eigenvalue weighted by molar-refractivity contribution is 7.99. The third-order valence-corrected chi connectivity index (χ3v) is 5.25. The Morgan fingerprint density at radius 3 is 2.76 bits per heavy atom. The number of hydrogen-bond acceptors (Lipinski definition) is 7. The number of nitrogen functional groups attached to an aromatic ring is 1. The Hall–Kier alpha value is -1.81. The van der Waals surface area contributed by atoms with Crippen LogP contribution in [-0.4, -0.2) is 32.2 Å². The molecule has 0 aliphatic carbocycles. The van der Waals surface area contributed by atoms with Gasteiger partial charge in [0, 0.05) is 0 Å². The van der Waals surface area contributed by atoms with E-state index in [4.69, 9.17) is 10.2 Å². The molecule has 0 aromatic carbocycles. The first-order chi connectivity index (χ1) is 11.7. The van der Waals surface area contributed by atoms with E-state index in [-0.39, 0.29) is 23.7 Å². The second-order valence-electron chi connectivity index (χ2n) is 5.98. The second-order valence-corrected chi connectivity index (χ2v) is 7.06. The molecule has 3 rings (SSSR count). The summed E-state index contributed by atoms with van der Waals surface area (Å²) in [6.07, 6.45) is -4.05. The Morgan fingerprint density at radius 2 is 2.04 bits per heavy atom. The number of nitrogens with zero attached hydrogens (tertiary/aromatic N) is 3. The Labute approximate surface area is 146 Å². The molecular weight excluding hydrogens is 357 g/mol. The monoisotopic (exact) mass is 374 g/mol. The minimum absolute atomic E-state index is 0.121. The highest BCUT2D eigenvalue weighted by Gasteiger charge is 2.58. The summed E-state index contributed by atoms with van der Waals surface area (Å²) in [5.41, 5.74) is 3.95. The molecule has 3 N–H and O–H groups in total. The zero-order chi connectivity index (χ0) is 18.2. The number of fused-ring (bicyclic) bond motifs is 5. The largest absolute Gasteiger partial charge is 0.426 e. The van der Waals surface area contributed by atoms with Crippen LogP contribution in [0.5, 0.6) is 0 Å². The maximum Gasteiger partial charge on any atom is 0.426 e. The van der Waals surface area contributed by atoms with Gasteiger partial charge in [-0.25, -0.2) is 4.98 Å². The van der Waals surface area contributed by atoms with Crippen LogP contribution in [0.2, 0.25) is 0 Å². The van der Waals surface area contributed by atoms with Gasteiger partial charge in [-0.15, -0.1) is 22.0 Å². The van der Waals surface area contributed by atoms with E-state index in [1.807, 2.05) is 6.92 Å². The van der Waals surface area contributed by atoms with Crippen LogP contribution in [0.1, 0.15) is 37.1 Å². The zero-order valence-corrected chi connectivity index (χ0v) is 14.2. The van der Waals surface area contributed by atoms with Gasteiger partial charge in [-0.05, 0) is 43.6 Å². The number of anilines is 1. The number of aryl methyl sites for hydroxylation is 1. The molecule has 0 saturated heterocycles. The number of nitrogens with two attached hydrogens (primary N) is 1. The molecule has 0 fully saturated rings. The molecule has 0 radical (unpaired) electrons. The number of aliphatic hydroxyl groups is 1. The molecule has 2 aromatic rings. The van der Waals surface area contributed by atoms with Gasteiger partial charge in [0.1, 0.15) is 0 Å². The molecule has 0 saturated carbocycles. The highest BCUT2D eigenvalue weighted by Crippen LogP contribution is 2.43. The predicted molar refractivity (Wildman–Crippen MR) is 85.8 cm³/mol. The number of rotatable bonds is 0. The SMILES string of the molecule is Cc1cc(N)c2nc1SCCCCC[C@](O)(C(F)(F)F)c1nnc-2o1. The van der Waals surface area contributed by atoms with Crippen molar-refractivity contribution in [3.8, 4) is 11.6 Å². The standard InChI is InChI=1S/C15H17F3N4O2S/c1-8-7-9(19)10-11-21-22-13(24-11)14(23,15(16,17)18)5-3-2-4-6-25-12(8)20-10/h7,23H,2-6,19H2,1H3/t14-/m1/s1. The Bertz CT molecular complexity index is 781.